The molecule has 2 rings (SSSR count). The lowest BCUT2D eigenvalue weighted by Crippen LogP contribution is -2.54. The number of nitrogens with zero attached hydrogens (tertiary/aromatic N) is 1. The maximum atomic E-state index is 13.5. The van der Waals surface area contributed by atoms with Crippen molar-refractivity contribution in [3.8, 4) is 0 Å². The van der Waals surface area contributed by atoms with Crippen LogP contribution in [-0.2, 0) is 4.74 Å². The standard InChI is InChI=1S/C14H17F3N2O2/c1-8-6-19(7-14(2,3)21-8)13(20)18-12-5-10(16)9(15)4-11(12)17/h4-5,8H,6-7H2,1-3H3,(H,18,20). The second kappa shape index (κ2) is 5.55. The number of rotatable bonds is 1. The lowest BCUT2D eigenvalue weighted by Gasteiger charge is -2.41. The largest absolute Gasteiger partial charge is 0.369 e. The maximum Gasteiger partial charge on any atom is 0.322 e. The average molecular weight is 302 g/mol. The summed E-state index contributed by atoms with van der Waals surface area (Å²) in [5, 5.41) is 2.26. The molecule has 1 heterocycles. The molecule has 7 heteroatoms. The fraction of sp³-hybridized carbons (Fsp3) is 0.500. The molecule has 0 bridgehead atoms. The molecule has 1 N–H and O–H groups in total. The van der Waals surface area contributed by atoms with E-state index in [0.29, 0.717) is 25.2 Å². The molecule has 4 nitrogen and oxygen atoms in total. The molecule has 116 valence electrons. The van der Waals surface area contributed by atoms with Crippen molar-refractivity contribution in [2.45, 2.75) is 32.5 Å². The molecule has 1 atom stereocenters. The van der Waals surface area contributed by atoms with Crippen LogP contribution in [0.2, 0.25) is 0 Å². The van der Waals surface area contributed by atoms with Crippen LogP contribution in [0.15, 0.2) is 12.1 Å². The van der Waals surface area contributed by atoms with Crippen LogP contribution >= 0.6 is 0 Å². The summed E-state index contributed by atoms with van der Waals surface area (Å²) in [5.74, 6) is -3.54. The van der Waals surface area contributed by atoms with E-state index in [9.17, 15) is 18.0 Å². The van der Waals surface area contributed by atoms with E-state index >= 15 is 0 Å². The maximum absolute atomic E-state index is 13.5. The van der Waals surface area contributed by atoms with E-state index in [-0.39, 0.29) is 6.10 Å². The highest BCUT2D eigenvalue weighted by Gasteiger charge is 2.34. The molecule has 1 aliphatic rings. The zero-order valence-corrected chi connectivity index (χ0v) is 12.0. The number of hydrogen-bond donors (Lipinski definition) is 1. The highest BCUT2D eigenvalue weighted by molar-refractivity contribution is 5.89. The molecule has 0 aromatic heterocycles. The number of ether oxygens (including phenoxy) is 1. The Balaban J connectivity index is 2.13. The number of nitrogens with one attached hydrogen (secondary N) is 1. The first-order valence-electron chi connectivity index (χ1n) is 6.56. The van der Waals surface area contributed by atoms with Gasteiger partial charge in [-0.05, 0) is 20.8 Å². The van der Waals surface area contributed by atoms with Gasteiger partial charge in [0.05, 0.1) is 23.9 Å². The highest BCUT2D eigenvalue weighted by Crippen LogP contribution is 2.23. The van der Waals surface area contributed by atoms with Gasteiger partial charge in [0.25, 0.3) is 0 Å². The van der Waals surface area contributed by atoms with Crippen molar-refractivity contribution in [1.82, 2.24) is 4.90 Å². The van der Waals surface area contributed by atoms with E-state index in [2.05, 4.69) is 5.32 Å². The van der Waals surface area contributed by atoms with E-state index < -0.39 is 34.8 Å². The van der Waals surface area contributed by atoms with Gasteiger partial charge >= 0.3 is 6.03 Å². The number of urea groups is 1. The van der Waals surface area contributed by atoms with Crippen molar-refractivity contribution < 1.29 is 22.7 Å². The first kappa shape index (κ1) is 15.6. The van der Waals surface area contributed by atoms with Crippen LogP contribution in [-0.4, -0.2) is 35.7 Å². The molecule has 0 radical (unpaired) electrons. The Labute approximate surface area is 120 Å². The van der Waals surface area contributed by atoms with E-state index in [4.69, 9.17) is 4.74 Å². The fourth-order valence-electron chi connectivity index (χ4n) is 2.42. The van der Waals surface area contributed by atoms with Gasteiger partial charge in [0.15, 0.2) is 11.6 Å². The molecule has 1 fully saturated rings. The Morgan fingerprint density at radius 3 is 2.52 bits per heavy atom. The molecule has 1 aromatic rings. The third-order valence-electron chi connectivity index (χ3n) is 3.11. The lowest BCUT2D eigenvalue weighted by molar-refractivity contribution is -0.116. The zero-order chi connectivity index (χ0) is 15.8. The van der Waals surface area contributed by atoms with Crippen LogP contribution in [0.5, 0.6) is 0 Å². The number of amides is 2. The van der Waals surface area contributed by atoms with Gasteiger partial charge < -0.3 is 15.0 Å². The van der Waals surface area contributed by atoms with Crippen molar-refractivity contribution in [2.24, 2.45) is 0 Å². The summed E-state index contributed by atoms with van der Waals surface area (Å²) in [4.78, 5) is 13.6. The van der Waals surface area contributed by atoms with Crippen molar-refractivity contribution in [3.63, 3.8) is 0 Å². The summed E-state index contributed by atoms with van der Waals surface area (Å²) in [6.45, 7) is 6.14. The summed E-state index contributed by atoms with van der Waals surface area (Å²) in [6, 6.07) is 0.442. The minimum Gasteiger partial charge on any atom is -0.369 e. The number of carbonyl (C=O) groups excluding carboxylic acids is 1. The number of anilines is 1. The Hall–Kier alpha value is -1.76. The van der Waals surface area contributed by atoms with E-state index in [1.165, 1.54) is 4.90 Å². The van der Waals surface area contributed by atoms with Gasteiger partial charge in [-0.25, -0.2) is 18.0 Å². The fourth-order valence-corrected chi connectivity index (χ4v) is 2.42. The molecule has 21 heavy (non-hydrogen) atoms. The predicted molar refractivity (Wildman–Crippen MR) is 71.5 cm³/mol. The van der Waals surface area contributed by atoms with E-state index in [1.54, 1.807) is 0 Å². The van der Waals surface area contributed by atoms with Gasteiger partial charge in [-0.15, -0.1) is 0 Å². The Morgan fingerprint density at radius 1 is 1.29 bits per heavy atom. The molecule has 0 spiro atoms. The SMILES string of the molecule is CC1CN(C(=O)Nc2cc(F)c(F)cc2F)CC(C)(C)O1. The third-order valence-corrected chi connectivity index (χ3v) is 3.11. The zero-order valence-electron chi connectivity index (χ0n) is 12.0. The first-order chi connectivity index (χ1) is 9.68. The minimum atomic E-state index is -1.30. The van der Waals surface area contributed by atoms with Crippen molar-refractivity contribution in [2.75, 3.05) is 18.4 Å². The molecule has 2 amide bonds. The average Bonchev–Trinajstić information content (AvgIpc) is 2.33. The second-order valence-corrected chi connectivity index (χ2v) is 5.74. The van der Waals surface area contributed by atoms with Gasteiger partial charge in [0.1, 0.15) is 5.82 Å². The molecule has 1 saturated heterocycles. The molecule has 1 aromatic carbocycles. The summed E-state index contributed by atoms with van der Waals surface area (Å²) in [6.07, 6.45) is -0.172. The predicted octanol–water partition coefficient (Wildman–Crippen LogP) is 3.14. The van der Waals surface area contributed by atoms with Gasteiger partial charge in [-0.3, -0.25) is 0 Å². The second-order valence-electron chi connectivity index (χ2n) is 5.74. The first-order valence-corrected chi connectivity index (χ1v) is 6.56. The van der Waals surface area contributed by atoms with Gasteiger partial charge in [-0.1, -0.05) is 0 Å². The number of carbonyl (C=O) groups is 1. The monoisotopic (exact) mass is 302 g/mol. The summed E-state index contributed by atoms with van der Waals surface area (Å²) in [7, 11) is 0. The molecular weight excluding hydrogens is 285 g/mol. The Bertz CT molecular complexity index is 563. The van der Waals surface area contributed by atoms with Gasteiger partial charge in [-0.2, -0.15) is 0 Å². The molecule has 1 unspecified atom stereocenters. The number of hydrogen-bond acceptors (Lipinski definition) is 2. The summed E-state index contributed by atoms with van der Waals surface area (Å²) < 4.78 is 45.1. The number of halogens is 3. The normalized spacial score (nSPS) is 21.2. The van der Waals surface area contributed by atoms with Crippen LogP contribution in [0, 0.1) is 17.5 Å². The highest BCUT2D eigenvalue weighted by atomic mass is 19.2. The Kier molecular flexibility index (Phi) is 4.13. The van der Waals surface area contributed by atoms with Crippen molar-refractivity contribution >= 4 is 11.7 Å². The topological polar surface area (TPSA) is 41.6 Å². The van der Waals surface area contributed by atoms with Crippen LogP contribution in [0.25, 0.3) is 0 Å². The van der Waals surface area contributed by atoms with Gasteiger partial charge in [0, 0.05) is 18.7 Å². The van der Waals surface area contributed by atoms with Crippen LogP contribution in [0.3, 0.4) is 0 Å². The number of benzene rings is 1. The smallest absolute Gasteiger partial charge is 0.322 e. The van der Waals surface area contributed by atoms with Crippen molar-refractivity contribution in [3.05, 3.63) is 29.6 Å². The van der Waals surface area contributed by atoms with Crippen LogP contribution in [0.1, 0.15) is 20.8 Å². The summed E-state index contributed by atoms with van der Waals surface area (Å²) >= 11 is 0. The molecule has 0 saturated carbocycles. The summed E-state index contributed by atoms with van der Waals surface area (Å²) in [5.41, 5.74) is -0.919. The minimum absolute atomic E-state index is 0.172. The number of morpholine rings is 1. The molecular formula is C14H17F3N2O2. The molecule has 0 aliphatic carbocycles. The quantitative estimate of drug-likeness (QED) is 0.810. The van der Waals surface area contributed by atoms with E-state index in [1.807, 2.05) is 20.8 Å². The lowest BCUT2D eigenvalue weighted by atomic mass is 10.1. The molecule has 1 aliphatic heterocycles. The van der Waals surface area contributed by atoms with Gasteiger partial charge in [0.2, 0.25) is 0 Å². The third kappa shape index (κ3) is 3.66. The van der Waals surface area contributed by atoms with Crippen LogP contribution < -0.4 is 5.32 Å². The van der Waals surface area contributed by atoms with Crippen molar-refractivity contribution in [1.29, 1.82) is 0 Å². The Morgan fingerprint density at radius 2 is 1.90 bits per heavy atom. The van der Waals surface area contributed by atoms with Crippen LogP contribution in [0.4, 0.5) is 23.7 Å². The van der Waals surface area contributed by atoms with E-state index in [0.717, 1.165) is 0 Å².